The van der Waals surface area contributed by atoms with E-state index >= 15 is 0 Å². The van der Waals surface area contributed by atoms with Gasteiger partial charge in [0.05, 0.1) is 24.4 Å². The molecule has 4 aromatic rings. The van der Waals surface area contributed by atoms with Gasteiger partial charge in [0, 0.05) is 60.1 Å². The van der Waals surface area contributed by atoms with Gasteiger partial charge in [-0.05, 0) is 136 Å². The van der Waals surface area contributed by atoms with Crippen LogP contribution in [-0.4, -0.2) is 267 Å². The van der Waals surface area contributed by atoms with Gasteiger partial charge in [0.25, 0.3) is 22.2 Å². The van der Waals surface area contributed by atoms with Gasteiger partial charge in [0.2, 0.25) is 0 Å². The van der Waals surface area contributed by atoms with Crippen molar-refractivity contribution in [2.24, 2.45) is 0 Å². The Labute approximate surface area is 569 Å². The molecule has 4 aliphatic rings. The van der Waals surface area contributed by atoms with Gasteiger partial charge in [-0.3, -0.25) is 57.4 Å². The lowest BCUT2D eigenvalue weighted by Gasteiger charge is -2.19. The molecule has 16 atom stereocenters. The van der Waals surface area contributed by atoms with Crippen molar-refractivity contribution in [3.05, 3.63) is 156 Å². The summed E-state index contributed by atoms with van der Waals surface area (Å²) in [5, 5.41) is 91.1. The number of aliphatic hydroxyl groups excluding tert-OH is 9. The molecule has 8 heterocycles. The molecule has 4 aromatic heterocycles. The van der Waals surface area contributed by atoms with Gasteiger partial charge in [-0.2, -0.15) is 0 Å². The molecule has 0 amide bonds. The molecule has 4 saturated heterocycles. The van der Waals surface area contributed by atoms with Crippen LogP contribution in [-0.2, 0) is 44.6 Å². The number of unbranched alkanes of at least 4 members (excludes halogenated alkanes) is 1. The van der Waals surface area contributed by atoms with E-state index in [-0.39, 0.29) is 25.0 Å². The number of aliphatic hydroxyl groups is 9. The van der Waals surface area contributed by atoms with Crippen molar-refractivity contribution in [3.63, 3.8) is 0 Å². The Balaban J connectivity index is 0.000000236. The zero-order valence-electron chi connectivity index (χ0n) is 57.8. The number of rotatable bonds is 26. The van der Waals surface area contributed by atoms with E-state index in [0.29, 0.717) is 61.6 Å². The average Bonchev–Trinajstić information content (AvgIpc) is 1.61. The minimum atomic E-state index is -1.31. The third kappa shape index (κ3) is 23.5. The number of nitrogens with zero attached hydrogens (tertiary/aromatic N) is 4. The molecule has 0 saturated carbocycles. The molecule has 8 rings (SSSR count). The first-order valence-electron chi connectivity index (χ1n) is 32.5. The van der Waals surface area contributed by atoms with E-state index < -0.39 is 171 Å². The molecule has 98 heavy (non-hydrogen) atoms. The first-order valence-corrected chi connectivity index (χ1v) is 44.7. The summed E-state index contributed by atoms with van der Waals surface area (Å²) in [6, 6.07) is 0. The fourth-order valence-corrected chi connectivity index (χ4v) is 15.0. The van der Waals surface area contributed by atoms with Crippen LogP contribution in [0, 0.1) is 0 Å². The standard InChI is InChI=1S/C17H29N2O5P.C17H27N2O5P.C16H25N2O5P.C15H25N2O6P/c2*1-5-6-7-11-10-19(17(23)18-15(11)22)16-14(21)13(20)12(24-16)8-9-25(2,3)4;1-5-6-10-9-18(16(22)17-14(10)21)15-13(20)12(19)11(23-15)7-8-24(2,3)4;1-24(2,3)7-5-10-11(19)12(20)14(23-10)17-8-9(4-6-18)13(21)16-15(17)22/h10,12-14,16,20-21H,2,5-9H2,1,3-4H3,(H,18,22,23);5,10,12-14,16,20-21H,1-2,6-9H2,3-4H3,(H,18,22,23);5,9,11-13,15,19-20H,1-2,6-8H2,3-4H3,(H,17,21,22);8,10-12,14,18-20H,1,4-7H2,2-3H3,(H,16,21,22)/t2*12-,13-,14-,16-;11-,12-,13-,15-;10-,11-,12-,14-/m1111/s1. The van der Waals surface area contributed by atoms with Gasteiger partial charge in [0.1, 0.15) is 48.8 Å². The molecular weight excluding hydrogens is 1350 g/mol. The number of aromatic nitrogens is 8. The van der Waals surface area contributed by atoms with Crippen molar-refractivity contribution in [3.8, 4) is 0 Å². The molecule has 4 aliphatic heterocycles. The SMILES string of the molecule is C=CCCc1cn([C@@H]2O[C@H](CCP(=C)(C)C)[C@@H](O)[C@H]2O)c(=O)[nH]c1=O.C=CCc1cn([C@@H]2O[C@H](CCP(=C)(C)C)[C@@H](O)[C@H]2O)c(=O)[nH]c1=O.C=P(C)(C)CC[C@H]1O[C@@H](n2cc(CCCC)c(=O)[nH]c2=O)[C@H](O)[C@@H]1O.C=P(C)(C)CC[C@H]1O[C@@H](n2cc(CCO)c(=O)[nH]c2=O)[C@H](O)[C@@H]1O. The largest absolute Gasteiger partial charge is 0.396 e. The fraction of sp³-hybridized carbons (Fsp3) is 0.631. The Morgan fingerprint density at radius 3 is 0.908 bits per heavy atom. The summed E-state index contributed by atoms with van der Waals surface area (Å²) in [5.74, 6) is 0. The van der Waals surface area contributed by atoms with E-state index in [2.05, 4.69) is 112 Å². The lowest BCUT2D eigenvalue weighted by molar-refractivity contribution is -0.0404. The second kappa shape index (κ2) is 36.2. The monoisotopic (exact) mass is 1460 g/mol. The molecule has 552 valence electrons. The highest BCUT2D eigenvalue weighted by Crippen LogP contribution is 2.43. The van der Waals surface area contributed by atoms with E-state index in [1.165, 1.54) is 29.4 Å². The second-order valence-corrected chi connectivity index (χ2v) is 45.4. The number of allylic oxidation sites excluding steroid dienone is 2. The minimum absolute atomic E-state index is 0.0740. The van der Waals surface area contributed by atoms with Crippen LogP contribution in [0.15, 0.2) is 88.5 Å². The lowest BCUT2D eigenvalue weighted by Crippen LogP contribution is -2.38. The molecular formula is C65H106N8O21P4. The topological polar surface area (TPSA) is 438 Å². The molecule has 0 radical (unpaired) electrons. The quantitative estimate of drug-likeness (QED) is 0.0285. The molecule has 29 nitrogen and oxygen atoms in total. The van der Waals surface area contributed by atoms with Crippen molar-refractivity contribution in [1.82, 2.24) is 38.2 Å². The van der Waals surface area contributed by atoms with Crippen LogP contribution in [0.2, 0.25) is 0 Å². The molecule has 0 spiro atoms. The predicted octanol–water partition coefficient (Wildman–Crippen LogP) is -0.255. The lowest BCUT2D eigenvalue weighted by atomic mass is 10.1. The minimum Gasteiger partial charge on any atom is -0.396 e. The Hall–Kier alpha value is -5.12. The number of hydrogen-bond acceptors (Lipinski definition) is 21. The van der Waals surface area contributed by atoms with Crippen LogP contribution < -0.4 is 45.0 Å². The Kier molecular flexibility index (Phi) is 30.8. The summed E-state index contributed by atoms with van der Waals surface area (Å²) < 4.78 is 27.5. The van der Waals surface area contributed by atoms with Gasteiger partial charge in [-0.1, -0.05) is 25.5 Å². The zero-order chi connectivity index (χ0) is 73.7. The van der Waals surface area contributed by atoms with Crippen LogP contribution in [0.4, 0.5) is 0 Å². The van der Waals surface area contributed by atoms with Gasteiger partial charge in [-0.15, -0.1) is 65.9 Å². The highest BCUT2D eigenvalue weighted by Gasteiger charge is 2.47. The van der Waals surface area contributed by atoms with Crippen molar-refractivity contribution < 1.29 is 64.9 Å². The Bertz CT molecular complexity index is 4050. The van der Waals surface area contributed by atoms with Gasteiger partial charge in [-0.25, -0.2) is 19.2 Å². The van der Waals surface area contributed by atoms with Crippen LogP contribution in [0.1, 0.15) is 99.0 Å². The summed E-state index contributed by atoms with van der Waals surface area (Å²) >= 11 is 0. The number of ether oxygens (including phenoxy) is 4. The maximum absolute atomic E-state index is 12.2. The molecule has 0 aromatic carbocycles. The smallest absolute Gasteiger partial charge is 0.330 e. The first kappa shape index (κ1) is 83.5. The van der Waals surface area contributed by atoms with Crippen molar-refractivity contribution in [1.29, 1.82) is 0 Å². The van der Waals surface area contributed by atoms with Crippen LogP contribution in [0.5, 0.6) is 0 Å². The first-order chi connectivity index (χ1) is 45.5. The van der Waals surface area contributed by atoms with Crippen LogP contribution in [0.25, 0.3) is 0 Å². The fourth-order valence-electron chi connectivity index (χ4n) is 11.1. The maximum Gasteiger partial charge on any atom is 0.330 e. The summed E-state index contributed by atoms with van der Waals surface area (Å²) in [6.45, 7) is 20.4. The Morgan fingerprint density at radius 1 is 0.408 bits per heavy atom. The van der Waals surface area contributed by atoms with Gasteiger partial charge >= 0.3 is 22.8 Å². The summed E-state index contributed by atoms with van der Waals surface area (Å²) in [6.07, 6.45) is 18.4. The van der Waals surface area contributed by atoms with Crippen molar-refractivity contribution in [2.75, 3.05) is 84.6 Å². The van der Waals surface area contributed by atoms with Crippen molar-refractivity contribution >= 4 is 52.7 Å². The number of hydrogen-bond donors (Lipinski definition) is 13. The van der Waals surface area contributed by atoms with E-state index in [4.69, 9.17) is 24.1 Å². The van der Waals surface area contributed by atoms with E-state index in [9.17, 15) is 79.2 Å². The van der Waals surface area contributed by atoms with Crippen LogP contribution >= 0.6 is 27.5 Å². The van der Waals surface area contributed by atoms with Gasteiger partial charge in [0.15, 0.2) is 24.9 Å². The summed E-state index contributed by atoms with van der Waals surface area (Å²) in [5.41, 5.74) is -3.28. The molecule has 13 N–H and O–H groups in total. The Morgan fingerprint density at radius 2 is 0.663 bits per heavy atom. The number of nitrogens with one attached hydrogen (secondary N) is 4. The normalized spacial score (nSPS) is 27.1. The van der Waals surface area contributed by atoms with Crippen molar-refractivity contribution in [2.45, 2.75) is 176 Å². The molecule has 4 fully saturated rings. The maximum atomic E-state index is 12.2. The number of aryl methyl sites for hydroxylation is 2. The highest BCUT2D eigenvalue weighted by atomic mass is 31.2. The third-order valence-electron chi connectivity index (χ3n) is 16.9. The van der Waals surface area contributed by atoms with Crippen LogP contribution in [0.3, 0.4) is 0 Å². The second-order valence-electron chi connectivity index (χ2n) is 28.2. The molecule has 33 heteroatoms. The van der Waals surface area contributed by atoms with E-state index in [1.54, 1.807) is 12.2 Å². The van der Waals surface area contributed by atoms with Gasteiger partial charge < -0.3 is 64.9 Å². The highest BCUT2D eigenvalue weighted by molar-refractivity contribution is 7.73. The summed E-state index contributed by atoms with van der Waals surface area (Å²) in [4.78, 5) is 104. The number of H-pyrrole nitrogens is 4. The van der Waals surface area contributed by atoms with E-state index in [1.807, 2.05) is 6.92 Å². The van der Waals surface area contributed by atoms with E-state index in [0.717, 1.165) is 51.2 Å². The number of aromatic amines is 4. The predicted molar refractivity (Wildman–Crippen MR) is 392 cm³/mol. The third-order valence-corrected chi connectivity index (χ3v) is 22.7. The molecule has 0 unspecified atom stereocenters. The average molecular weight is 1460 g/mol. The molecule has 0 aliphatic carbocycles. The zero-order valence-corrected chi connectivity index (χ0v) is 61.3. The summed E-state index contributed by atoms with van der Waals surface area (Å²) in [7, 11) is 0. The molecule has 0 bridgehead atoms.